The van der Waals surface area contributed by atoms with E-state index in [2.05, 4.69) is 13.5 Å². The van der Waals surface area contributed by atoms with Gasteiger partial charge in [-0.25, -0.2) is 4.79 Å². The molecule has 0 unspecified atom stereocenters. The minimum atomic E-state index is -0.267. The van der Waals surface area contributed by atoms with Gasteiger partial charge in [-0.2, -0.15) is 0 Å². The van der Waals surface area contributed by atoms with Gasteiger partial charge in [0.2, 0.25) is 0 Å². The van der Waals surface area contributed by atoms with Crippen molar-refractivity contribution in [3.63, 3.8) is 0 Å². The number of hydrogen-bond donors (Lipinski definition) is 0. The topological polar surface area (TPSA) is 35.5 Å². The number of carbonyl (C=O) groups is 1. The van der Waals surface area contributed by atoms with Gasteiger partial charge in [-0.05, 0) is 19.3 Å². The minimum absolute atomic E-state index is 0.0703. The predicted molar refractivity (Wildman–Crippen MR) is 56.1 cm³/mol. The normalized spacial score (nSPS) is 9.79. The average Bonchev–Trinajstić information content (AvgIpc) is 2.18. The largest absolute Gasteiger partial charge is 0.464 e. The van der Waals surface area contributed by atoms with E-state index in [-0.39, 0.29) is 12.6 Å². The highest BCUT2D eigenvalue weighted by Crippen LogP contribution is 1.92. The van der Waals surface area contributed by atoms with Gasteiger partial charge in [-0.1, -0.05) is 19.4 Å². The predicted octanol–water partition coefficient (Wildman–Crippen LogP) is 2.31. The summed E-state index contributed by atoms with van der Waals surface area (Å²) >= 11 is 0. The molecule has 82 valence electrons. The van der Waals surface area contributed by atoms with Crippen LogP contribution in [0.15, 0.2) is 12.7 Å². The number of unbranched alkanes of at least 4 members (excludes halogenated alkanes) is 2. The molecule has 3 nitrogen and oxygen atoms in total. The first kappa shape index (κ1) is 13.2. The maximum Gasteiger partial charge on any atom is 0.332 e. The van der Waals surface area contributed by atoms with Crippen LogP contribution < -0.4 is 0 Å². The van der Waals surface area contributed by atoms with Gasteiger partial charge in [-0.15, -0.1) is 6.58 Å². The molecule has 0 aromatic heterocycles. The Balaban J connectivity index is 3.14. The minimum Gasteiger partial charge on any atom is -0.464 e. The molecule has 0 aromatic rings. The zero-order chi connectivity index (χ0) is 10.6. The van der Waals surface area contributed by atoms with Crippen molar-refractivity contribution in [2.45, 2.75) is 32.6 Å². The molecule has 14 heavy (non-hydrogen) atoms. The highest BCUT2D eigenvalue weighted by atomic mass is 16.6. The fourth-order valence-electron chi connectivity index (χ4n) is 0.857. The standard InChI is InChI=1S/C11H20O3/c1-3-5-7-8-13-10-11(12)14-9-6-4-2/h3H,1,4-10H2,2H3. The van der Waals surface area contributed by atoms with Crippen molar-refractivity contribution in [1.82, 2.24) is 0 Å². The Bertz CT molecular complexity index is 155. The third-order valence-electron chi connectivity index (χ3n) is 1.68. The summed E-state index contributed by atoms with van der Waals surface area (Å²) in [6.07, 6.45) is 5.62. The maximum atomic E-state index is 11.0. The molecule has 3 heteroatoms. The maximum absolute atomic E-state index is 11.0. The number of allylic oxidation sites excluding steroid dienone is 1. The molecule has 0 N–H and O–H groups in total. The first-order valence-corrected chi connectivity index (χ1v) is 5.15. The van der Waals surface area contributed by atoms with E-state index in [1.54, 1.807) is 0 Å². The van der Waals surface area contributed by atoms with Crippen molar-refractivity contribution < 1.29 is 14.3 Å². The molecule has 0 fully saturated rings. The Kier molecular flexibility index (Phi) is 9.64. The van der Waals surface area contributed by atoms with Crippen molar-refractivity contribution in [3.8, 4) is 0 Å². The summed E-state index contributed by atoms with van der Waals surface area (Å²) in [5.41, 5.74) is 0. The SMILES string of the molecule is C=CCCCOCC(=O)OCCCC. The zero-order valence-corrected chi connectivity index (χ0v) is 8.96. The second-order valence-corrected chi connectivity index (χ2v) is 3.06. The highest BCUT2D eigenvalue weighted by Gasteiger charge is 2.01. The van der Waals surface area contributed by atoms with E-state index in [4.69, 9.17) is 9.47 Å². The third-order valence-corrected chi connectivity index (χ3v) is 1.68. The van der Waals surface area contributed by atoms with E-state index in [1.807, 2.05) is 6.08 Å². The average molecular weight is 200 g/mol. The van der Waals surface area contributed by atoms with Crippen LogP contribution in [0.2, 0.25) is 0 Å². The summed E-state index contributed by atoms with van der Waals surface area (Å²) in [6, 6.07) is 0. The van der Waals surface area contributed by atoms with Crippen molar-refractivity contribution in [3.05, 3.63) is 12.7 Å². The lowest BCUT2D eigenvalue weighted by molar-refractivity contribution is -0.149. The molecule has 0 aliphatic rings. The zero-order valence-electron chi connectivity index (χ0n) is 8.96. The summed E-state index contributed by atoms with van der Waals surface area (Å²) in [5, 5.41) is 0. The number of esters is 1. The van der Waals surface area contributed by atoms with Crippen LogP contribution in [0.4, 0.5) is 0 Å². The van der Waals surface area contributed by atoms with Crippen LogP contribution in [0.3, 0.4) is 0 Å². The van der Waals surface area contributed by atoms with Gasteiger partial charge in [0.05, 0.1) is 6.61 Å². The first-order valence-electron chi connectivity index (χ1n) is 5.15. The molecule has 0 aromatic carbocycles. The van der Waals surface area contributed by atoms with Crippen LogP contribution in [0.1, 0.15) is 32.6 Å². The van der Waals surface area contributed by atoms with Crippen LogP contribution in [0.25, 0.3) is 0 Å². The molecule has 0 saturated carbocycles. The van der Waals surface area contributed by atoms with E-state index in [0.717, 1.165) is 25.7 Å². The molecule has 0 rings (SSSR count). The van der Waals surface area contributed by atoms with E-state index in [9.17, 15) is 4.79 Å². The van der Waals surface area contributed by atoms with Crippen LogP contribution in [0.5, 0.6) is 0 Å². The highest BCUT2D eigenvalue weighted by molar-refractivity contribution is 5.70. The fourth-order valence-corrected chi connectivity index (χ4v) is 0.857. The number of carbonyl (C=O) groups excluding carboxylic acids is 1. The lowest BCUT2D eigenvalue weighted by atomic mass is 10.3. The Morgan fingerprint density at radius 2 is 2.14 bits per heavy atom. The summed E-state index contributed by atoms with van der Waals surface area (Å²) in [4.78, 5) is 11.0. The Labute approximate surface area is 86.1 Å². The molecular formula is C11H20O3. The lowest BCUT2D eigenvalue weighted by Gasteiger charge is -2.04. The molecule has 0 aliphatic heterocycles. The molecule has 0 radical (unpaired) electrons. The van der Waals surface area contributed by atoms with Crippen LogP contribution in [-0.2, 0) is 14.3 Å². The Morgan fingerprint density at radius 3 is 2.79 bits per heavy atom. The number of ether oxygens (including phenoxy) is 2. The molecule has 0 aliphatic carbocycles. The van der Waals surface area contributed by atoms with Crippen LogP contribution >= 0.6 is 0 Å². The number of rotatable bonds is 9. The molecule has 0 atom stereocenters. The molecule has 0 saturated heterocycles. The third kappa shape index (κ3) is 9.26. The van der Waals surface area contributed by atoms with Gasteiger partial charge in [-0.3, -0.25) is 0 Å². The Morgan fingerprint density at radius 1 is 1.36 bits per heavy atom. The monoisotopic (exact) mass is 200 g/mol. The van der Waals surface area contributed by atoms with Crippen LogP contribution in [-0.4, -0.2) is 25.8 Å². The van der Waals surface area contributed by atoms with E-state index in [1.165, 1.54) is 0 Å². The molecular weight excluding hydrogens is 180 g/mol. The first-order chi connectivity index (χ1) is 6.81. The van der Waals surface area contributed by atoms with Gasteiger partial charge >= 0.3 is 5.97 Å². The van der Waals surface area contributed by atoms with Gasteiger partial charge < -0.3 is 9.47 Å². The van der Waals surface area contributed by atoms with Gasteiger partial charge in [0.25, 0.3) is 0 Å². The van der Waals surface area contributed by atoms with E-state index < -0.39 is 0 Å². The van der Waals surface area contributed by atoms with Crippen molar-refractivity contribution in [2.75, 3.05) is 19.8 Å². The molecule has 0 bridgehead atoms. The van der Waals surface area contributed by atoms with E-state index in [0.29, 0.717) is 13.2 Å². The molecule has 0 heterocycles. The second-order valence-electron chi connectivity index (χ2n) is 3.06. The quantitative estimate of drug-likeness (QED) is 0.325. The summed E-state index contributed by atoms with van der Waals surface area (Å²) < 4.78 is 10.0. The summed E-state index contributed by atoms with van der Waals surface area (Å²) in [5.74, 6) is -0.267. The van der Waals surface area contributed by atoms with Crippen molar-refractivity contribution >= 4 is 5.97 Å². The van der Waals surface area contributed by atoms with Gasteiger partial charge in [0, 0.05) is 6.61 Å². The summed E-state index contributed by atoms with van der Waals surface area (Å²) in [6.45, 7) is 6.82. The second kappa shape index (κ2) is 10.3. The van der Waals surface area contributed by atoms with Crippen molar-refractivity contribution in [2.24, 2.45) is 0 Å². The van der Waals surface area contributed by atoms with Gasteiger partial charge in [0.1, 0.15) is 6.61 Å². The Hall–Kier alpha value is -0.830. The fraction of sp³-hybridized carbons (Fsp3) is 0.727. The van der Waals surface area contributed by atoms with E-state index >= 15 is 0 Å². The lowest BCUT2D eigenvalue weighted by Crippen LogP contribution is -2.13. The van der Waals surface area contributed by atoms with Gasteiger partial charge in [0.15, 0.2) is 0 Å². The molecule has 0 amide bonds. The number of hydrogen-bond acceptors (Lipinski definition) is 3. The van der Waals surface area contributed by atoms with Crippen molar-refractivity contribution in [1.29, 1.82) is 0 Å². The molecule has 0 spiro atoms. The smallest absolute Gasteiger partial charge is 0.332 e. The summed E-state index contributed by atoms with van der Waals surface area (Å²) in [7, 11) is 0. The van der Waals surface area contributed by atoms with Crippen LogP contribution in [0, 0.1) is 0 Å².